The lowest BCUT2D eigenvalue weighted by Crippen LogP contribution is -2.41. The van der Waals surface area contributed by atoms with Gasteiger partial charge in [0.1, 0.15) is 10.7 Å². The standard InChI is InChI=1S/C22H29FN2O6S/c1-4-5-12-24-22(26)25(13-14-29-2)16-17-6-11-20(30-3)21(15-17)31-32(27,28)19-9-7-18(23)8-10-19/h6-11,15H,4-5,12-14,16H2,1-3H3,(H,24,26). The van der Waals surface area contributed by atoms with Crippen molar-refractivity contribution >= 4 is 16.1 Å². The third kappa shape index (κ3) is 7.38. The van der Waals surface area contributed by atoms with Crippen molar-refractivity contribution in [2.75, 3.05) is 33.9 Å². The van der Waals surface area contributed by atoms with Crippen molar-refractivity contribution in [2.45, 2.75) is 31.2 Å². The largest absolute Gasteiger partial charge is 0.493 e. The highest BCUT2D eigenvalue weighted by molar-refractivity contribution is 7.87. The minimum absolute atomic E-state index is 0.0348. The molecule has 0 saturated heterocycles. The summed E-state index contributed by atoms with van der Waals surface area (Å²) in [5, 5.41) is 2.86. The number of hydrogen-bond acceptors (Lipinski definition) is 6. The summed E-state index contributed by atoms with van der Waals surface area (Å²) in [5.74, 6) is -0.389. The van der Waals surface area contributed by atoms with E-state index in [1.807, 2.05) is 6.92 Å². The van der Waals surface area contributed by atoms with Crippen LogP contribution in [-0.2, 0) is 21.4 Å². The average molecular weight is 469 g/mol. The summed E-state index contributed by atoms with van der Waals surface area (Å²) in [5.41, 5.74) is 0.636. The highest BCUT2D eigenvalue weighted by Crippen LogP contribution is 2.31. The van der Waals surface area contributed by atoms with Crippen molar-refractivity contribution < 1.29 is 31.3 Å². The van der Waals surface area contributed by atoms with Gasteiger partial charge in [-0.05, 0) is 48.4 Å². The number of urea groups is 1. The van der Waals surface area contributed by atoms with Crippen LogP contribution in [-0.4, -0.2) is 53.3 Å². The van der Waals surface area contributed by atoms with Gasteiger partial charge in [-0.15, -0.1) is 0 Å². The zero-order chi connectivity index (χ0) is 23.6. The van der Waals surface area contributed by atoms with Crippen LogP contribution in [0, 0.1) is 5.82 Å². The summed E-state index contributed by atoms with van der Waals surface area (Å²) >= 11 is 0. The summed E-state index contributed by atoms with van der Waals surface area (Å²) < 4.78 is 54.0. The van der Waals surface area contributed by atoms with E-state index in [2.05, 4.69) is 5.32 Å². The van der Waals surface area contributed by atoms with E-state index in [0.29, 0.717) is 25.3 Å². The fraction of sp³-hybridized carbons (Fsp3) is 0.409. The van der Waals surface area contributed by atoms with Gasteiger partial charge in [0.15, 0.2) is 11.5 Å². The number of benzene rings is 2. The lowest BCUT2D eigenvalue weighted by Gasteiger charge is -2.23. The summed E-state index contributed by atoms with van der Waals surface area (Å²) in [4.78, 5) is 13.9. The molecule has 0 aliphatic carbocycles. The number of ether oxygens (including phenoxy) is 2. The third-order valence-corrected chi connectivity index (χ3v) is 5.81. The molecule has 0 unspecified atom stereocenters. The maximum atomic E-state index is 13.1. The first kappa shape index (κ1) is 25.4. The van der Waals surface area contributed by atoms with Crippen LogP contribution in [0.5, 0.6) is 11.5 Å². The Morgan fingerprint density at radius 2 is 1.81 bits per heavy atom. The predicted molar refractivity (Wildman–Crippen MR) is 118 cm³/mol. The van der Waals surface area contributed by atoms with Crippen LogP contribution in [0.15, 0.2) is 47.4 Å². The van der Waals surface area contributed by atoms with Crippen LogP contribution in [0.3, 0.4) is 0 Å². The molecule has 0 spiro atoms. The second-order valence-corrected chi connectivity index (χ2v) is 8.52. The highest BCUT2D eigenvalue weighted by atomic mass is 32.2. The Labute approximate surface area is 188 Å². The summed E-state index contributed by atoms with van der Waals surface area (Å²) in [6.07, 6.45) is 1.83. The van der Waals surface area contributed by atoms with Gasteiger partial charge in [-0.2, -0.15) is 8.42 Å². The van der Waals surface area contributed by atoms with Crippen molar-refractivity contribution in [3.8, 4) is 11.5 Å². The van der Waals surface area contributed by atoms with Crippen LogP contribution in [0.4, 0.5) is 9.18 Å². The summed E-state index contributed by atoms with van der Waals surface area (Å²) in [6, 6.07) is 8.85. The quantitative estimate of drug-likeness (QED) is 0.378. The number of nitrogens with zero attached hydrogens (tertiary/aromatic N) is 1. The Bertz CT molecular complexity index is 982. The van der Waals surface area contributed by atoms with Gasteiger partial charge in [0, 0.05) is 26.7 Å². The van der Waals surface area contributed by atoms with Gasteiger partial charge < -0.3 is 23.9 Å². The van der Waals surface area contributed by atoms with Crippen LogP contribution < -0.4 is 14.2 Å². The van der Waals surface area contributed by atoms with Crippen LogP contribution in [0.25, 0.3) is 0 Å². The van der Waals surface area contributed by atoms with Crippen LogP contribution in [0.1, 0.15) is 25.3 Å². The molecule has 2 rings (SSSR count). The third-order valence-electron chi connectivity index (χ3n) is 4.56. The Morgan fingerprint density at radius 3 is 2.44 bits per heavy atom. The summed E-state index contributed by atoms with van der Waals surface area (Å²) in [7, 11) is -1.28. The van der Waals surface area contributed by atoms with Gasteiger partial charge in [0.05, 0.1) is 13.7 Å². The maximum absolute atomic E-state index is 13.1. The Morgan fingerprint density at radius 1 is 1.09 bits per heavy atom. The van der Waals surface area contributed by atoms with Crippen molar-refractivity contribution in [1.29, 1.82) is 0 Å². The van der Waals surface area contributed by atoms with Crippen molar-refractivity contribution in [1.82, 2.24) is 10.2 Å². The number of unbranched alkanes of at least 4 members (excludes halogenated alkanes) is 1. The van der Waals surface area contributed by atoms with Gasteiger partial charge in [-0.1, -0.05) is 19.4 Å². The Balaban J connectivity index is 2.24. The lowest BCUT2D eigenvalue weighted by atomic mass is 10.2. The molecule has 0 aliphatic heterocycles. The second-order valence-electron chi connectivity index (χ2n) is 6.98. The molecule has 10 heteroatoms. The molecular weight excluding hydrogens is 439 g/mol. The minimum Gasteiger partial charge on any atom is -0.493 e. The molecule has 2 aromatic rings. The van der Waals surface area contributed by atoms with Crippen molar-refractivity contribution in [3.63, 3.8) is 0 Å². The molecule has 0 fully saturated rings. The summed E-state index contributed by atoms with van der Waals surface area (Å²) in [6.45, 7) is 3.50. The van der Waals surface area contributed by atoms with E-state index < -0.39 is 15.9 Å². The fourth-order valence-corrected chi connectivity index (χ4v) is 3.74. The molecule has 0 radical (unpaired) electrons. The van der Waals surface area contributed by atoms with Crippen molar-refractivity contribution in [3.05, 3.63) is 53.8 Å². The van der Waals surface area contributed by atoms with E-state index in [1.165, 1.54) is 13.2 Å². The molecule has 176 valence electrons. The molecule has 0 bridgehead atoms. The molecule has 0 aromatic heterocycles. The van der Waals surface area contributed by atoms with E-state index >= 15 is 0 Å². The van der Waals surface area contributed by atoms with E-state index in [9.17, 15) is 17.6 Å². The Hall–Kier alpha value is -2.85. The number of nitrogens with one attached hydrogen (secondary N) is 1. The number of methoxy groups -OCH3 is 2. The zero-order valence-electron chi connectivity index (χ0n) is 18.5. The van der Waals surface area contributed by atoms with Gasteiger partial charge in [-0.25, -0.2) is 9.18 Å². The number of halogens is 1. The first-order valence-corrected chi connectivity index (χ1v) is 11.6. The predicted octanol–water partition coefficient (Wildman–Crippen LogP) is 3.56. The molecule has 0 heterocycles. The Kier molecular flexibility index (Phi) is 9.73. The van der Waals surface area contributed by atoms with Gasteiger partial charge >= 0.3 is 16.1 Å². The molecule has 8 nitrogen and oxygen atoms in total. The molecule has 0 atom stereocenters. The molecule has 1 N–H and O–H groups in total. The van der Waals surface area contributed by atoms with Crippen molar-refractivity contribution in [2.24, 2.45) is 0 Å². The van der Waals surface area contributed by atoms with E-state index in [4.69, 9.17) is 13.7 Å². The number of carbonyl (C=O) groups is 1. The zero-order valence-corrected chi connectivity index (χ0v) is 19.3. The molecule has 0 saturated carbocycles. The van der Waals surface area contributed by atoms with E-state index in [1.54, 1.807) is 24.1 Å². The molecule has 2 amide bonds. The second kappa shape index (κ2) is 12.3. The SMILES string of the molecule is CCCCNC(=O)N(CCOC)Cc1ccc(OC)c(OS(=O)(=O)c2ccc(F)cc2)c1. The fourth-order valence-electron chi connectivity index (χ4n) is 2.81. The molecule has 0 aliphatic rings. The molecule has 2 aromatic carbocycles. The van der Waals surface area contributed by atoms with E-state index in [0.717, 1.165) is 37.1 Å². The maximum Gasteiger partial charge on any atom is 0.339 e. The monoisotopic (exact) mass is 468 g/mol. The van der Waals surface area contributed by atoms with E-state index in [-0.39, 0.29) is 29.0 Å². The van der Waals surface area contributed by atoms with Gasteiger partial charge in [0.2, 0.25) is 0 Å². The first-order valence-electron chi connectivity index (χ1n) is 10.2. The first-order chi connectivity index (χ1) is 15.3. The van der Waals surface area contributed by atoms with Gasteiger partial charge in [0.25, 0.3) is 0 Å². The topological polar surface area (TPSA) is 94.2 Å². The van der Waals surface area contributed by atoms with Crippen LogP contribution >= 0.6 is 0 Å². The minimum atomic E-state index is -4.21. The normalized spacial score (nSPS) is 11.1. The number of amides is 2. The average Bonchev–Trinajstić information content (AvgIpc) is 2.77. The van der Waals surface area contributed by atoms with Crippen LogP contribution in [0.2, 0.25) is 0 Å². The molecular formula is C22H29FN2O6S. The number of carbonyl (C=O) groups excluding carboxylic acids is 1. The number of hydrogen-bond donors (Lipinski definition) is 1. The van der Waals surface area contributed by atoms with Gasteiger partial charge in [-0.3, -0.25) is 0 Å². The highest BCUT2D eigenvalue weighted by Gasteiger charge is 2.21. The number of rotatable bonds is 12. The molecule has 32 heavy (non-hydrogen) atoms. The lowest BCUT2D eigenvalue weighted by molar-refractivity contribution is 0.146. The smallest absolute Gasteiger partial charge is 0.339 e.